The van der Waals surface area contributed by atoms with E-state index in [1.807, 2.05) is 0 Å². The van der Waals surface area contributed by atoms with Gasteiger partial charge in [0.2, 0.25) is 11.7 Å². The Hall–Kier alpha value is -2.60. The molecule has 0 aliphatic heterocycles. The summed E-state index contributed by atoms with van der Waals surface area (Å²) in [5.41, 5.74) is 1.40. The van der Waals surface area contributed by atoms with Crippen LogP contribution in [0.4, 0.5) is 5.69 Å². The molecule has 1 unspecified atom stereocenters. The molecule has 0 spiro atoms. The Labute approximate surface area is 121 Å². The third-order valence-corrected chi connectivity index (χ3v) is 3.08. The van der Waals surface area contributed by atoms with Gasteiger partial charge in [-0.2, -0.15) is 0 Å². The first-order chi connectivity index (χ1) is 10.0. The van der Waals surface area contributed by atoms with Gasteiger partial charge in [-0.05, 0) is 50.4 Å². The summed E-state index contributed by atoms with van der Waals surface area (Å²) >= 11 is 0. The van der Waals surface area contributed by atoms with Gasteiger partial charge in [-0.25, -0.2) is 4.79 Å². The average molecular weight is 288 g/mol. The highest BCUT2D eigenvalue weighted by Gasteiger charge is 2.12. The molecule has 0 bridgehead atoms. The van der Waals surface area contributed by atoms with Gasteiger partial charge in [0.15, 0.2) is 0 Å². The van der Waals surface area contributed by atoms with Gasteiger partial charge in [0.1, 0.15) is 5.76 Å². The lowest BCUT2D eigenvalue weighted by Gasteiger charge is -2.11. The van der Waals surface area contributed by atoms with Crippen molar-refractivity contribution in [1.82, 2.24) is 5.32 Å². The van der Waals surface area contributed by atoms with Gasteiger partial charge < -0.3 is 20.2 Å². The van der Waals surface area contributed by atoms with Gasteiger partial charge in [0, 0.05) is 11.3 Å². The number of carboxylic acids is 1. The second kappa shape index (κ2) is 6.23. The molecule has 2 rings (SSSR count). The third-order valence-electron chi connectivity index (χ3n) is 3.08. The Bertz CT molecular complexity index is 646. The van der Waals surface area contributed by atoms with Crippen molar-refractivity contribution in [2.45, 2.75) is 13.0 Å². The smallest absolute Gasteiger partial charge is 0.371 e. The maximum atomic E-state index is 11.7. The minimum absolute atomic E-state index is 0.106. The fourth-order valence-corrected chi connectivity index (χ4v) is 1.71. The first-order valence-corrected chi connectivity index (χ1v) is 6.43. The van der Waals surface area contributed by atoms with E-state index in [-0.39, 0.29) is 17.7 Å². The lowest BCUT2D eigenvalue weighted by Crippen LogP contribution is -2.35. The quantitative estimate of drug-likeness (QED) is 0.784. The lowest BCUT2D eigenvalue weighted by atomic mass is 10.1. The van der Waals surface area contributed by atoms with Crippen molar-refractivity contribution in [3.63, 3.8) is 0 Å². The largest absolute Gasteiger partial charge is 0.475 e. The summed E-state index contributed by atoms with van der Waals surface area (Å²) in [7, 11) is 1.71. The van der Waals surface area contributed by atoms with Crippen LogP contribution in [0.25, 0.3) is 11.3 Å². The molecule has 1 heterocycles. The number of nitrogens with one attached hydrogen (secondary N) is 2. The first-order valence-electron chi connectivity index (χ1n) is 6.43. The van der Waals surface area contributed by atoms with Crippen molar-refractivity contribution < 1.29 is 19.1 Å². The number of hydrogen-bond donors (Lipinski definition) is 3. The maximum Gasteiger partial charge on any atom is 0.371 e. The highest BCUT2D eigenvalue weighted by Crippen LogP contribution is 2.23. The van der Waals surface area contributed by atoms with Crippen molar-refractivity contribution in [3.05, 3.63) is 42.2 Å². The van der Waals surface area contributed by atoms with E-state index in [1.165, 1.54) is 6.07 Å². The number of furan rings is 1. The summed E-state index contributed by atoms with van der Waals surface area (Å²) in [6.07, 6.45) is 0. The minimum Gasteiger partial charge on any atom is -0.475 e. The van der Waals surface area contributed by atoms with Crippen LogP contribution in [0.2, 0.25) is 0 Å². The zero-order valence-electron chi connectivity index (χ0n) is 11.7. The van der Waals surface area contributed by atoms with E-state index in [0.29, 0.717) is 11.4 Å². The van der Waals surface area contributed by atoms with E-state index in [9.17, 15) is 9.59 Å². The van der Waals surface area contributed by atoms with Crippen LogP contribution >= 0.6 is 0 Å². The molecule has 0 aliphatic carbocycles. The lowest BCUT2D eigenvalue weighted by molar-refractivity contribution is -0.117. The molecule has 0 fully saturated rings. The zero-order valence-corrected chi connectivity index (χ0v) is 11.7. The molecule has 1 atom stereocenters. The van der Waals surface area contributed by atoms with E-state index >= 15 is 0 Å². The standard InChI is InChI=1S/C15H16N2O4/c1-9(16-2)14(18)17-11-5-3-10(4-6-11)12-7-8-13(21-12)15(19)20/h3-9,16H,1-2H3,(H,17,18)(H,19,20). The van der Waals surface area contributed by atoms with E-state index in [1.54, 1.807) is 44.3 Å². The van der Waals surface area contributed by atoms with Gasteiger partial charge in [-0.15, -0.1) is 0 Å². The summed E-state index contributed by atoms with van der Waals surface area (Å²) in [4.78, 5) is 22.5. The number of anilines is 1. The number of hydrogen-bond acceptors (Lipinski definition) is 4. The van der Waals surface area contributed by atoms with Crippen LogP contribution in [0.15, 0.2) is 40.8 Å². The van der Waals surface area contributed by atoms with Crippen molar-refractivity contribution in [2.24, 2.45) is 0 Å². The van der Waals surface area contributed by atoms with Crippen molar-refractivity contribution in [2.75, 3.05) is 12.4 Å². The van der Waals surface area contributed by atoms with Crippen molar-refractivity contribution in [3.8, 4) is 11.3 Å². The van der Waals surface area contributed by atoms with E-state index in [4.69, 9.17) is 9.52 Å². The van der Waals surface area contributed by atoms with E-state index in [2.05, 4.69) is 10.6 Å². The van der Waals surface area contributed by atoms with Crippen LogP contribution < -0.4 is 10.6 Å². The zero-order chi connectivity index (χ0) is 15.4. The number of carbonyl (C=O) groups is 2. The molecule has 0 aliphatic rings. The minimum atomic E-state index is -1.11. The molecule has 1 amide bonds. The van der Waals surface area contributed by atoms with Crippen LogP contribution in [0.3, 0.4) is 0 Å². The molecule has 2 aromatic rings. The van der Waals surface area contributed by atoms with Crippen LogP contribution in [0, 0.1) is 0 Å². The van der Waals surface area contributed by atoms with Crippen LogP contribution in [0.5, 0.6) is 0 Å². The fraction of sp³-hybridized carbons (Fsp3) is 0.200. The normalized spacial score (nSPS) is 11.9. The molecule has 0 saturated heterocycles. The summed E-state index contributed by atoms with van der Waals surface area (Å²) in [5.74, 6) is -0.873. The molecular weight excluding hydrogens is 272 g/mol. The summed E-state index contributed by atoms with van der Waals surface area (Å²) in [6.45, 7) is 1.76. The molecule has 0 saturated carbocycles. The van der Waals surface area contributed by atoms with Crippen LogP contribution in [0.1, 0.15) is 17.5 Å². The SMILES string of the molecule is CNC(C)C(=O)Nc1ccc(-c2ccc(C(=O)O)o2)cc1. The summed E-state index contributed by atoms with van der Waals surface area (Å²) < 4.78 is 5.21. The molecule has 6 heteroatoms. The monoisotopic (exact) mass is 288 g/mol. The molecular formula is C15H16N2O4. The molecule has 21 heavy (non-hydrogen) atoms. The summed E-state index contributed by atoms with van der Waals surface area (Å²) in [5, 5.41) is 14.4. The predicted octanol–water partition coefficient (Wildman–Crippen LogP) is 2.19. The van der Waals surface area contributed by atoms with Gasteiger partial charge in [-0.1, -0.05) is 0 Å². The van der Waals surface area contributed by atoms with E-state index in [0.717, 1.165) is 5.56 Å². The Morgan fingerprint density at radius 3 is 2.33 bits per heavy atom. The average Bonchev–Trinajstić information content (AvgIpc) is 2.97. The van der Waals surface area contributed by atoms with Crippen LogP contribution in [-0.4, -0.2) is 30.1 Å². The number of aromatic carboxylic acids is 1. The Morgan fingerprint density at radius 1 is 1.14 bits per heavy atom. The van der Waals surface area contributed by atoms with Gasteiger partial charge in [0.05, 0.1) is 6.04 Å². The Morgan fingerprint density at radius 2 is 1.81 bits per heavy atom. The second-order valence-corrected chi connectivity index (χ2v) is 4.55. The molecule has 1 aromatic heterocycles. The fourth-order valence-electron chi connectivity index (χ4n) is 1.71. The third kappa shape index (κ3) is 3.49. The number of benzene rings is 1. The number of carboxylic acid groups (broad SMARTS) is 1. The second-order valence-electron chi connectivity index (χ2n) is 4.55. The molecule has 110 valence electrons. The number of amides is 1. The van der Waals surface area contributed by atoms with E-state index < -0.39 is 5.97 Å². The highest BCUT2D eigenvalue weighted by molar-refractivity contribution is 5.94. The highest BCUT2D eigenvalue weighted by atomic mass is 16.4. The molecule has 0 radical (unpaired) electrons. The Balaban J connectivity index is 2.11. The number of likely N-dealkylation sites (N-methyl/N-ethyl adjacent to an activating group) is 1. The topological polar surface area (TPSA) is 91.6 Å². The van der Waals surface area contributed by atoms with Gasteiger partial charge in [0.25, 0.3) is 0 Å². The number of rotatable bonds is 5. The number of carbonyl (C=O) groups excluding carboxylic acids is 1. The van der Waals surface area contributed by atoms with Crippen molar-refractivity contribution >= 4 is 17.6 Å². The first kappa shape index (κ1) is 14.8. The molecule has 3 N–H and O–H groups in total. The Kier molecular flexibility index (Phi) is 4.39. The molecule has 6 nitrogen and oxygen atoms in total. The van der Waals surface area contributed by atoms with Crippen LogP contribution in [-0.2, 0) is 4.79 Å². The summed E-state index contributed by atoms with van der Waals surface area (Å²) in [6, 6.07) is 9.70. The predicted molar refractivity (Wildman–Crippen MR) is 78.3 cm³/mol. The maximum absolute atomic E-state index is 11.7. The van der Waals surface area contributed by atoms with Crippen molar-refractivity contribution in [1.29, 1.82) is 0 Å². The molecule has 1 aromatic carbocycles. The van der Waals surface area contributed by atoms with Gasteiger partial charge >= 0.3 is 5.97 Å². The van der Waals surface area contributed by atoms with Gasteiger partial charge in [-0.3, -0.25) is 4.79 Å².